The van der Waals surface area contributed by atoms with Crippen LogP contribution in [0.4, 0.5) is 9.59 Å². The second-order valence-electron chi connectivity index (χ2n) is 29.6. The number of nitrogens with zero attached hydrogens (tertiary/aromatic N) is 4. The number of ketones is 1. The lowest BCUT2D eigenvalue weighted by molar-refractivity contribution is -0.144. The quantitative estimate of drug-likeness (QED) is 0.0289. The molecule has 2 rings (SSSR count). The predicted molar refractivity (Wildman–Crippen MR) is 463 cm³/mol. The normalized spacial score (nSPS) is 15.1. The van der Waals surface area contributed by atoms with Crippen LogP contribution in [0.1, 0.15) is 71.3 Å². The highest BCUT2D eigenvalue weighted by Crippen LogP contribution is 2.35. The van der Waals surface area contributed by atoms with Crippen LogP contribution in [0.5, 0.6) is 0 Å². The number of hydrogen-bond donors (Lipinski definition) is 14. The van der Waals surface area contributed by atoms with Crippen molar-refractivity contribution in [3.8, 4) is 0 Å². The van der Waals surface area contributed by atoms with E-state index < -0.39 is 139 Å². The Kier molecular flexibility index (Phi) is 61.4. The molecule has 1 fully saturated rings. The van der Waals surface area contributed by atoms with Gasteiger partial charge in [-0.05, 0) is 50.5 Å². The molecule has 1 saturated heterocycles. The number of alkyl carbamates (subject to hydrolysis) is 2. The Bertz CT molecular complexity index is 3630. The van der Waals surface area contributed by atoms with Gasteiger partial charge >= 0.3 is 42.0 Å². The Balaban J connectivity index is 2.17. The van der Waals surface area contributed by atoms with Crippen LogP contribution in [0.25, 0.3) is 0 Å². The van der Waals surface area contributed by atoms with Gasteiger partial charge in [0.05, 0.1) is 153 Å². The SMILES string of the molecule is CC(=O)NCCSCCS(=O)(=O)CCOC(=O)NCCOCCOCCNC(=O)C(CC(C)C(=O)NCCOCCOCCNC(=O)CN1CCN(CC(=O)O)CCN(CC(=O)O)CCN(CC(=O)O)CC1)CC(CC(CC(CC(C)C(=O)O)c1ccccc1)C(=O)O)C(=O)NCCOCCOCCNC(=O)OCCS(=O)(=O)CCSCC(NC(=O)CN)C(C)=O. The number of carboxylic acids is 5. The van der Waals surface area contributed by atoms with E-state index in [9.17, 15) is 109 Å². The molecule has 720 valence electrons. The zero-order chi connectivity index (χ0) is 93.5. The summed E-state index contributed by atoms with van der Waals surface area (Å²) in [5.74, 6) is -15.0. The minimum atomic E-state index is -3.65. The third-order valence-corrected chi connectivity index (χ3v) is 25.0. The molecule has 1 aromatic carbocycles. The number of carbonyl (C=O) groups is 14. The van der Waals surface area contributed by atoms with E-state index in [0.717, 1.165) is 11.8 Å². The minimum absolute atomic E-state index is 0.00575. The summed E-state index contributed by atoms with van der Waals surface area (Å²) >= 11 is 2.51. The van der Waals surface area contributed by atoms with Crippen LogP contribution < -0.4 is 48.3 Å². The maximum Gasteiger partial charge on any atom is 0.407 e. The van der Waals surface area contributed by atoms with Crippen LogP contribution >= 0.6 is 23.5 Å². The maximum absolute atomic E-state index is 14.6. The highest BCUT2D eigenvalue weighted by atomic mass is 32.2. The fraction of sp³-hybridized carbons (Fsp3) is 0.744. The Morgan fingerprint density at radius 2 is 0.794 bits per heavy atom. The predicted octanol–water partition coefficient (Wildman–Crippen LogP) is -3.03. The van der Waals surface area contributed by atoms with Crippen molar-refractivity contribution in [1.82, 2.24) is 62.1 Å². The third-order valence-electron chi connectivity index (χ3n) is 19.2. The summed E-state index contributed by atoms with van der Waals surface area (Å²) in [4.78, 5) is 182. The van der Waals surface area contributed by atoms with Crippen molar-refractivity contribution in [1.29, 1.82) is 0 Å². The topological polar surface area (TPSA) is 617 Å². The average Bonchev–Trinajstić information content (AvgIpc) is 0.840. The number of rotatable bonds is 71. The number of nitrogens with two attached hydrogens (primary N) is 1. The molecule has 7 unspecified atom stereocenters. The van der Waals surface area contributed by atoms with Crippen LogP contribution in [0.15, 0.2) is 30.3 Å². The molecule has 48 heteroatoms. The molecule has 0 saturated carbocycles. The largest absolute Gasteiger partial charge is 0.481 e. The molecule has 0 radical (unpaired) electrons. The first-order valence-electron chi connectivity index (χ1n) is 41.7. The second-order valence-corrected chi connectivity index (χ2v) is 36.6. The fourth-order valence-corrected chi connectivity index (χ4v) is 17.6. The Labute approximate surface area is 744 Å². The summed E-state index contributed by atoms with van der Waals surface area (Å²) < 4.78 is 93.6. The van der Waals surface area contributed by atoms with Gasteiger partial charge in [-0.25, -0.2) is 26.4 Å². The molecule has 1 aromatic rings. The van der Waals surface area contributed by atoms with E-state index in [1.165, 1.54) is 32.5 Å². The molecule has 1 aliphatic rings. The second kappa shape index (κ2) is 67.9. The lowest BCUT2D eigenvalue weighted by Crippen LogP contribution is -2.50. The van der Waals surface area contributed by atoms with Gasteiger partial charge in [0.1, 0.15) is 13.2 Å². The van der Waals surface area contributed by atoms with Gasteiger partial charge in [-0.3, -0.25) is 77.1 Å². The molecule has 44 nitrogen and oxygen atoms in total. The maximum atomic E-state index is 14.6. The van der Waals surface area contributed by atoms with Crippen molar-refractivity contribution in [3.05, 3.63) is 35.9 Å². The molecule has 0 bridgehead atoms. The van der Waals surface area contributed by atoms with Crippen LogP contribution in [-0.4, -0.2) is 421 Å². The molecule has 0 aromatic heterocycles. The lowest BCUT2D eigenvalue weighted by Gasteiger charge is -2.32. The summed E-state index contributed by atoms with van der Waals surface area (Å²) in [5.41, 5.74) is 5.96. The fourth-order valence-electron chi connectivity index (χ4n) is 12.3. The van der Waals surface area contributed by atoms with Crippen molar-refractivity contribution < 1.29 is 147 Å². The van der Waals surface area contributed by atoms with Crippen molar-refractivity contribution in [3.63, 3.8) is 0 Å². The van der Waals surface area contributed by atoms with Gasteiger partial charge in [0.2, 0.25) is 35.4 Å². The van der Waals surface area contributed by atoms with Crippen LogP contribution in [0.2, 0.25) is 0 Å². The Morgan fingerprint density at radius 3 is 1.19 bits per heavy atom. The number of sulfone groups is 2. The minimum Gasteiger partial charge on any atom is -0.481 e. The lowest BCUT2D eigenvalue weighted by atomic mass is 9.77. The highest BCUT2D eigenvalue weighted by molar-refractivity contribution is 8.01. The number of Topliss-reactive ketones (excluding diaryl/α,β-unsaturated/α-hetero) is 1. The average molecular weight is 1880 g/mol. The first-order valence-corrected chi connectivity index (χ1v) is 47.7. The molecule has 0 aliphatic carbocycles. The number of amides is 8. The molecule has 7 atom stereocenters. The highest BCUT2D eigenvalue weighted by Gasteiger charge is 2.36. The molecule has 1 heterocycles. The van der Waals surface area contributed by atoms with Crippen molar-refractivity contribution in [2.45, 2.75) is 71.8 Å². The van der Waals surface area contributed by atoms with Crippen molar-refractivity contribution in [2.75, 3.05) is 269 Å². The van der Waals surface area contributed by atoms with Gasteiger partial charge < -0.3 is 112 Å². The zero-order valence-electron chi connectivity index (χ0n) is 72.5. The number of thioether (sulfide) groups is 2. The van der Waals surface area contributed by atoms with Crippen molar-refractivity contribution in [2.24, 2.45) is 35.3 Å². The van der Waals surface area contributed by atoms with E-state index in [-0.39, 0.29) is 289 Å². The summed E-state index contributed by atoms with van der Waals surface area (Å²) in [6.45, 7) is 5.94. The zero-order valence-corrected chi connectivity index (χ0v) is 75.8. The molecule has 1 aliphatic heterocycles. The Hall–Kier alpha value is -8.24. The van der Waals surface area contributed by atoms with E-state index >= 15 is 0 Å². The third kappa shape index (κ3) is 59.0. The summed E-state index contributed by atoms with van der Waals surface area (Å²) in [6, 6.07) is 7.90. The molecular formula is C78H133N13O31S4. The molecule has 15 N–H and O–H groups in total. The van der Waals surface area contributed by atoms with Crippen LogP contribution in [0.3, 0.4) is 0 Å². The summed E-state index contributed by atoms with van der Waals surface area (Å²) in [6.07, 6.45) is -2.59. The number of hydrogen-bond acceptors (Lipinski definition) is 33. The van der Waals surface area contributed by atoms with E-state index in [1.807, 2.05) is 0 Å². The molecular weight excluding hydrogens is 1740 g/mol. The first-order chi connectivity index (χ1) is 60.0. The number of benzene rings is 1. The van der Waals surface area contributed by atoms with Gasteiger partial charge in [0, 0.05) is 146 Å². The summed E-state index contributed by atoms with van der Waals surface area (Å²) in [7, 11) is -7.15. The first kappa shape index (κ1) is 114. The molecule has 126 heavy (non-hydrogen) atoms. The molecule has 8 amide bonds. The Morgan fingerprint density at radius 1 is 0.405 bits per heavy atom. The number of carbonyl (C=O) groups excluding carboxylic acids is 9. The molecule has 0 spiro atoms. The van der Waals surface area contributed by atoms with Gasteiger partial charge in [-0.2, -0.15) is 23.5 Å². The summed E-state index contributed by atoms with van der Waals surface area (Å²) in [5, 5.41) is 70.7. The van der Waals surface area contributed by atoms with Gasteiger partial charge in [0.15, 0.2) is 25.5 Å². The van der Waals surface area contributed by atoms with E-state index in [4.69, 9.17) is 43.6 Å². The van der Waals surface area contributed by atoms with Gasteiger partial charge in [-0.1, -0.05) is 44.2 Å². The van der Waals surface area contributed by atoms with Gasteiger partial charge in [-0.15, -0.1) is 0 Å². The van der Waals surface area contributed by atoms with E-state index in [2.05, 4.69) is 42.5 Å². The van der Waals surface area contributed by atoms with Gasteiger partial charge in [0.25, 0.3) is 0 Å². The number of carboxylic acid groups (broad SMARTS) is 5. The van der Waals surface area contributed by atoms with E-state index in [0.29, 0.717) is 23.6 Å². The number of ether oxygens (including phenoxy) is 8. The standard InChI is InChI=1S/C78H133N13O31S4/c1-57(72(102)82-11-26-116-32-31-115-25-10-81-68(95)52-88-17-19-89(53-69(96)97)21-23-91(55-71(100)101)24-22-90(20-18-88)54-70(98)99)46-63(73(103)83-12-27-117-33-35-119-29-14-85-77(109)121-37-42-125(111,112)44-40-123-39-16-80-60(4)93)49-64(50-65(76(107)108)48-62(47-58(2)75(105)106)61-8-6-5-7-9-61)74(104)84-13-28-118-34-36-120-30-15-86-78(110)122-38-43-126(113,114)45-41-124-56-66(59(3)92)87-67(94)51-79/h5-9,57-58,62-66H,10-56,79H2,1-4H3,(H,80,93)(H,81,95)(H,82,102)(H,83,103)(H,84,104)(H,85,109)(H,86,110)(H,87,94)(H,96,97)(H,98,99)(H,100,101)(H,105,106)(H,107,108). The number of nitrogens with one attached hydrogen (secondary N) is 8. The monoisotopic (exact) mass is 1880 g/mol. The number of aliphatic carboxylic acids is 5. The van der Waals surface area contributed by atoms with Crippen LogP contribution in [0, 0.1) is 29.6 Å². The van der Waals surface area contributed by atoms with E-state index in [1.54, 1.807) is 56.9 Å². The van der Waals surface area contributed by atoms with Crippen molar-refractivity contribution >= 4 is 126 Å². The smallest absolute Gasteiger partial charge is 0.407 e. The van der Waals surface area contributed by atoms with Crippen LogP contribution in [-0.2, 0) is 115 Å².